The fourth-order valence-electron chi connectivity index (χ4n) is 9.08. The summed E-state index contributed by atoms with van der Waals surface area (Å²) in [6.45, 7) is -0.805. The van der Waals surface area contributed by atoms with Crippen LogP contribution in [-0.4, -0.2) is 114 Å². The van der Waals surface area contributed by atoms with Crippen molar-refractivity contribution in [2.24, 2.45) is 0 Å². The molecule has 1 aliphatic heterocycles. The van der Waals surface area contributed by atoms with Crippen molar-refractivity contribution in [3.05, 3.63) is 78.4 Å². The molecule has 1 fully saturated rings. The lowest BCUT2D eigenvalue weighted by atomic mass is 9.89. The summed E-state index contributed by atoms with van der Waals surface area (Å²) in [5.41, 5.74) is -9.98. The molecule has 0 unspecified atom stereocenters. The van der Waals surface area contributed by atoms with E-state index in [1.165, 1.54) is 0 Å². The topological polar surface area (TPSA) is 413 Å². The van der Waals surface area contributed by atoms with Crippen LogP contribution >= 0.6 is 0 Å². The van der Waals surface area contributed by atoms with Crippen LogP contribution in [0.4, 0.5) is 0 Å². The molecule has 10 rings (SSSR count). The fourth-order valence-corrected chi connectivity index (χ4v) is 9.08. The molecule has 0 amide bonds. The zero-order chi connectivity index (χ0) is 48.7. The number of rotatable bonds is 5. The molecule has 352 valence electrons. The molecule has 7 atom stereocenters. The number of benzene rings is 5. The highest BCUT2D eigenvalue weighted by Crippen LogP contribution is 2.53. The molecule has 0 radical (unpaired) electrons. The van der Waals surface area contributed by atoms with Gasteiger partial charge in [-0.1, -0.05) is 0 Å². The molecule has 1 aliphatic carbocycles. The van der Waals surface area contributed by atoms with Crippen molar-refractivity contribution >= 4 is 54.8 Å². The summed E-state index contributed by atoms with van der Waals surface area (Å²) in [6, 6.07) is 4.77. The van der Waals surface area contributed by atoms with Crippen LogP contribution < -0.4 is 16.3 Å². The average molecular weight is 943 g/mol. The minimum Gasteiger partial charge on any atom is -0.508 e. The Morgan fingerprint density at radius 2 is 1.03 bits per heavy atom. The van der Waals surface area contributed by atoms with E-state index in [2.05, 4.69) is 0 Å². The quantitative estimate of drug-likeness (QED) is 0.0870. The van der Waals surface area contributed by atoms with Gasteiger partial charge < -0.3 is 99.3 Å². The predicted molar refractivity (Wildman–Crippen MR) is 229 cm³/mol. The van der Waals surface area contributed by atoms with E-state index in [1.54, 1.807) is 0 Å². The van der Waals surface area contributed by atoms with E-state index in [9.17, 15) is 91.0 Å². The molecule has 1 saturated heterocycles. The van der Waals surface area contributed by atoms with Crippen molar-refractivity contribution < 1.29 is 99.3 Å². The van der Waals surface area contributed by atoms with Crippen molar-refractivity contribution in [3.8, 4) is 79.7 Å². The first kappa shape index (κ1) is 43.8. The summed E-state index contributed by atoms with van der Waals surface area (Å²) in [4.78, 5) is 42.4. The molecule has 0 bridgehead atoms. The normalized spacial score (nSPS) is 21.9. The Hall–Kier alpha value is -8.03. The second-order valence-electron chi connectivity index (χ2n) is 16.3. The maximum absolute atomic E-state index is 14.4. The van der Waals surface area contributed by atoms with E-state index in [0.29, 0.717) is 0 Å². The first-order valence-corrected chi connectivity index (χ1v) is 20.2. The van der Waals surface area contributed by atoms with E-state index in [-0.39, 0.29) is 18.6 Å². The van der Waals surface area contributed by atoms with Crippen LogP contribution in [-0.2, 0) is 9.47 Å². The molecule has 8 aromatic rings. The van der Waals surface area contributed by atoms with Crippen LogP contribution in [0.1, 0.15) is 36.4 Å². The number of fused-ring (bicyclic) bond motifs is 6. The van der Waals surface area contributed by atoms with Crippen LogP contribution in [0.15, 0.2) is 64.0 Å². The number of aromatic hydroxyl groups is 10. The predicted octanol–water partition coefficient (Wildman–Crippen LogP) is 2.39. The second kappa shape index (κ2) is 15.3. The van der Waals surface area contributed by atoms with Gasteiger partial charge in [0.15, 0.2) is 29.0 Å². The standard InChI is InChI=1S/C45H34O23/c46-9-23-34(56)40(62)41(63)45(68-23)67-19-2-1-13(48)42-29(19)38(60)27-21(65-42)7-15(50)24(35(27)57)12-6-18(53)44-31(33(12)55)39(61)28-22(66-44)8-16(51)25(36(28)58)11-5-17(52)43-30(32(11)54)37(59)26-14(49)3-10(47)4-20(26)64-43/h3-8,13,19,23,34,40-41,45-58,62-63H,1-2,9H2/t13-,19-,23+,34+,40-,41+,45+/m0/s1. The first-order chi connectivity index (χ1) is 32.2. The summed E-state index contributed by atoms with van der Waals surface area (Å²) in [7, 11) is 0. The van der Waals surface area contributed by atoms with Gasteiger partial charge in [-0.25, -0.2) is 0 Å². The van der Waals surface area contributed by atoms with Crippen molar-refractivity contribution in [1.82, 2.24) is 0 Å². The van der Waals surface area contributed by atoms with E-state index in [4.69, 9.17) is 22.7 Å². The average Bonchev–Trinajstić information content (AvgIpc) is 3.27. The molecular formula is C45H34O23. The van der Waals surface area contributed by atoms with E-state index < -0.39 is 206 Å². The molecular weight excluding hydrogens is 908 g/mol. The molecule has 23 nitrogen and oxygen atoms in total. The second-order valence-corrected chi connectivity index (χ2v) is 16.3. The Balaban J connectivity index is 1.14. The largest absolute Gasteiger partial charge is 0.508 e. The van der Waals surface area contributed by atoms with Crippen LogP contribution in [0.2, 0.25) is 0 Å². The highest BCUT2D eigenvalue weighted by molar-refractivity contribution is 6.09. The van der Waals surface area contributed by atoms with Crippen LogP contribution in [0, 0.1) is 0 Å². The number of aliphatic hydroxyl groups excluding tert-OH is 5. The first-order valence-electron chi connectivity index (χ1n) is 20.2. The van der Waals surface area contributed by atoms with Gasteiger partial charge in [-0.15, -0.1) is 0 Å². The molecule has 5 aromatic carbocycles. The minimum absolute atomic E-state index is 0.101. The highest BCUT2D eigenvalue weighted by atomic mass is 16.7. The number of hydrogen-bond donors (Lipinski definition) is 15. The van der Waals surface area contributed by atoms with Gasteiger partial charge in [-0.2, -0.15) is 0 Å². The zero-order valence-corrected chi connectivity index (χ0v) is 34.1. The van der Waals surface area contributed by atoms with Crippen LogP contribution in [0.25, 0.3) is 77.1 Å². The third kappa shape index (κ3) is 6.15. The van der Waals surface area contributed by atoms with E-state index >= 15 is 0 Å². The Kier molecular flexibility index (Phi) is 9.84. The molecule has 0 spiro atoms. The molecule has 68 heavy (non-hydrogen) atoms. The number of phenols is 10. The summed E-state index contributed by atoms with van der Waals surface area (Å²) in [6.07, 6.45) is -11.8. The number of phenolic OH excluding ortho intramolecular Hbond substituents is 10. The number of hydrogen-bond acceptors (Lipinski definition) is 23. The van der Waals surface area contributed by atoms with Gasteiger partial charge in [-0.05, 0) is 25.0 Å². The lowest BCUT2D eigenvalue weighted by Gasteiger charge is -2.41. The lowest BCUT2D eigenvalue weighted by molar-refractivity contribution is -0.314. The smallest absolute Gasteiger partial charge is 0.208 e. The maximum atomic E-state index is 14.4. The summed E-state index contributed by atoms with van der Waals surface area (Å²) in [5, 5.41) is 160. The van der Waals surface area contributed by atoms with Gasteiger partial charge in [-0.3, -0.25) is 14.4 Å². The third-order valence-electron chi connectivity index (χ3n) is 12.3. The van der Waals surface area contributed by atoms with E-state index in [0.717, 1.165) is 36.4 Å². The molecule has 23 heteroatoms. The number of ether oxygens (including phenoxy) is 2. The van der Waals surface area contributed by atoms with Crippen molar-refractivity contribution in [2.45, 2.75) is 55.8 Å². The highest BCUT2D eigenvalue weighted by Gasteiger charge is 2.46. The maximum Gasteiger partial charge on any atom is 0.208 e. The van der Waals surface area contributed by atoms with Crippen LogP contribution in [0.5, 0.6) is 57.5 Å². The van der Waals surface area contributed by atoms with Gasteiger partial charge in [0.1, 0.15) is 126 Å². The van der Waals surface area contributed by atoms with Gasteiger partial charge in [0.05, 0.1) is 29.4 Å². The Labute approximate surface area is 374 Å². The molecule has 15 N–H and O–H groups in total. The Morgan fingerprint density at radius 1 is 0.515 bits per heavy atom. The van der Waals surface area contributed by atoms with Gasteiger partial charge in [0, 0.05) is 35.4 Å². The molecule has 0 saturated carbocycles. The molecule has 3 aromatic heterocycles. The third-order valence-corrected chi connectivity index (χ3v) is 12.3. The van der Waals surface area contributed by atoms with E-state index in [1.807, 2.05) is 0 Å². The zero-order valence-electron chi connectivity index (χ0n) is 34.1. The van der Waals surface area contributed by atoms with Gasteiger partial charge >= 0.3 is 0 Å². The van der Waals surface area contributed by atoms with Crippen molar-refractivity contribution in [1.29, 1.82) is 0 Å². The fraction of sp³-hybridized carbons (Fsp3) is 0.222. The molecule has 2 aliphatic rings. The van der Waals surface area contributed by atoms with Gasteiger partial charge in [0.2, 0.25) is 16.3 Å². The summed E-state index contributed by atoms with van der Waals surface area (Å²) < 4.78 is 28.3. The Bertz CT molecular complexity index is 3700. The van der Waals surface area contributed by atoms with Crippen molar-refractivity contribution in [3.63, 3.8) is 0 Å². The van der Waals surface area contributed by atoms with Gasteiger partial charge in [0.25, 0.3) is 0 Å². The SMILES string of the molecule is O=c1c2c(oc3cc(O)c(-c4cc(O)c5oc6cc(O)c(-c7cc(O)c8oc9cc(O)cc(O)c9c(=O)c8c7O)c(O)c6c(=O)c5c4O)c(O)c13)[C@@H](O)CC[C@@H]2O[C@@H]1O[C@H](CO)[C@@H](O)[C@H](O)[C@H]1O. The van der Waals surface area contributed by atoms with Crippen molar-refractivity contribution in [2.75, 3.05) is 6.61 Å². The number of aliphatic hydroxyl groups is 5. The molecule has 4 heterocycles. The minimum atomic E-state index is -1.90. The Morgan fingerprint density at radius 3 is 1.59 bits per heavy atom. The summed E-state index contributed by atoms with van der Waals surface area (Å²) in [5.74, 6) is -9.86. The monoisotopic (exact) mass is 942 g/mol. The summed E-state index contributed by atoms with van der Waals surface area (Å²) >= 11 is 0. The van der Waals surface area contributed by atoms with Crippen LogP contribution in [0.3, 0.4) is 0 Å². The lowest BCUT2D eigenvalue weighted by Crippen LogP contribution is -2.59.